The smallest absolute Gasteiger partial charge is 0.315 e. The molecule has 2 amide bonds. The molecule has 134 valence electrons. The van der Waals surface area contributed by atoms with Gasteiger partial charge >= 0.3 is 6.03 Å². The first-order chi connectivity index (χ1) is 11.9. The van der Waals surface area contributed by atoms with Crippen LogP contribution >= 0.6 is 0 Å². The normalized spacial score (nSPS) is 15.7. The van der Waals surface area contributed by atoms with Gasteiger partial charge in [-0.05, 0) is 30.5 Å². The maximum Gasteiger partial charge on any atom is 0.315 e. The molecule has 25 heavy (non-hydrogen) atoms. The number of nitrogens with one attached hydrogen (secondary N) is 2. The lowest BCUT2D eigenvalue weighted by Gasteiger charge is -2.30. The van der Waals surface area contributed by atoms with Crippen molar-refractivity contribution < 1.29 is 9.90 Å². The van der Waals surface area contributed by atoms with Gasteiger partial charge in [0, 0.05) is 12.7 Å². The molecule has 5 heteroatoms. The van der Waals surface area contributed by atoms with Crippen molar-refractivity contribution in [3.8, 4) is 0 Å². The molecule has 1 heterocycles. The van der Waals surface area contributed by atoms with E-state index < -0.39 is 5.60 Å². The molecule has 5 nitrogen and oxygen atoms in total. The van der Waals surface area contributed by atoms with Crippen molar-refractivity contribution in [1.82, 2.24) is 15.6 Å². The van der Waals surface area contributed by atoms with E-state index in [1.165, 1.54) is 0 Å². The zero-order chi connectivity index (χ0) is 18.3. The SMILES string of the molecule is CCC(C)C(C)(O)CNC(=O)NC(c1ccccc1)c1ccccn1. The van der Waals surface area contributed by atoms with Crippen LogP contribution < -0.4 is 10.6 Å². The van der Waals surface area contributed by atoms with Crippen molar-refractivity contribution >= 4 is 6.03 Å². The number of hydrogen-bond donors (Lipinski definition) is 3. The van der Waals surface area contributed by atoms with Gasteiger partial charge in [-0.25, -0.2) is 4.79 Å². The van der Waals surface area contributed by atoms with Crippen LogP contribution in [0.3, 0.4) is 0 Å². The van der Waals surface area contributed by atoms with E-state index in [2.05, 4.69) is 15.6 Å². The quantitative estimate of drug-likeness (QED) is 0.723. The number of nitrogens with zero attached hydrogens (tertiary/aromatic N) is 1. The predicted octanol–water partition coefficient (Wildman–Crippen LogP) is 3.27. The van der Waals surface area contributed by atoms with E-state index in [4.69, 9.17) is 0 Å². The monoisotopic (exact) mass is 341 g/mol. The molecule has 0 saturated carbocycles. The van der Waals surface area contributed by atoms with Gasteiger partial charge in [0.25, 0.3) is 0 Å². The van der Waals surface area contributed by atoms with Crippen LogP contribution in [0.4, 0.5) is 4.79 Å². The van der Waals surface area contributed by atoms with Crippen LogP contribution in [0.5, 0.6) is 0 Å². The Morgan fingerprint density at radius 1 is 1.20 bits per heavy atom. The Hall–Kier alpha value is -2.40. The molecule has 0 radical (unpaired) electrons. The molecule has 0 spiro atoms. The number of hydrogen-bond acceptors (Lipinski definition) is 3. The van der Waals surface area contributed by atoms with E-state index >= 15 is 0 Å². The van der Waals surface area contributed by atoms with Crippen LogP contribution in [0.25, 0.3) is 0 Å². The minimum Gasteiger partial charge on any atom is -0.388 e. The van der Waals surface area contributed by atoms with E-state index in [1.807, 2.05) is 62.4 Å². The van der Waals surface area contributed by atoms with Crippen molar-refractivity contribution in [2.45, 2.75) is 38.8 Å². The van der Waals surface area contributed by atoms with E-state index in [9.17, 15) is 9.90 Å². The molecule has 3 atom stereocenters. The number of aliphatic hydroxyl groups is 1. The number of pyridine rings is 1. The van der Waals surface area contributed by atoms with Crippen LogP contribution in [0, 0.1) is 5.92 Å². The minimum absolute atomic E-state index is 0.0912. The van der Waals surface area contributed by atoms with Gasteiger partial charge in [-0.2, -0.15) is 0 Å². The first kappa shape index (κ1) is 18.9. The molecule has 3 N–H and O–H groups in total. The van der Waals surface area contributed by atoms with Crippen molar-refractivity contribution in [1.29, 1.82) is 0 Å². The number of amides is 2. The Morgan fingerprint density at radius 2 is 1.88 bits per heavy atom. The van der Waals surface area contributed by atoms with Gasteiger partial charge < -0.3 is 15.7 Å². The largest absolute Gasteiger partial charge is 0.388 e. The van der Waals surface area contributed by atoms with Crippen LogP contribution in [-0.4, -0.2) is 28.3 Å². The summed E-state index contributed by atoms with van der Waals surface area (Å²) in [5, 5.41) is 16.2. The molecule has 3 unspecified atom stereocenters. The summed E-state index contributed by atoms with van der Waals surface area (Å²) in [7, 11) is 0. The minimum atomic E-state index is -0.945. The van der Waals surface area contributed by atoms with Crippen molar-refractivity contribution in [2.75, 3.05) is 6.54 Å². The lowest BCUT2D eigenvalue weighted by atomic mass is 9.89. The fraction of sp³-hybridized carbons (Fsp3) is 0.400. The molecule has 2 rings (SSSR count). The van der Waals surface area contributed by atoms with Gasteiger partial charge in [-0.3, -0.25) is 4.98 Å². The third-order valence-corrected chi connectivity index (χ3v) is 4.67. The lowest BCUT2D eigenvalue weighted by molar-refractivity contribution is 0.00786. The van der Waals surface area contributed by atoms with Crippen LogP contribution in [0.2, 0.25) is 0 Å². The van der Waals surface area contributed by atoms with Gasteiger partial charge in [-0.1, -0.05) is 56.7 Å². The number of carbonyl (C=O) groups is 1. The zero-order valence-corrected chi connectivity index (χ0v) is 15.1. The lowest BCUT2D eigenvalue weighted by Crippen LogP contribution is -2.48. The molecule has 0 aliphatic rings. The number of aromatic nitrogens is 1. The maximum absolute atomic E-state index is 12.4. The van der Waals surface area contributed by atoms with E-state index in [1.54, 1.807) is 13.1 Å². The highest BCUT2D eigenvalue weighted by Gasteiger charge is 2.28. The van der Waals surface area contributed by atoms with Crippen molar-refractivity contribution in [3.63, 3.8) is 0 Å². The summed E-state index contributed by atoms with van der Waals surface area (Å²) in [5.74, 6) is 0.0912. The summed E-state index contributed by atoms with van der Waals surface area (Å²) < 4.78 is 0. The molecule has 0 saturated heterocycles. The number of carbonyl (C=O) groups excluding carboxylic acids is 1. The Morgan fingerprint density at radius 3 is 2.48 bits per heavy atom. The summed E-state index contributed by atoms with van der Waals surface area (Å²) in [5.41, 5.74) is 0.766. The molecule has 0 fully saturated rings. The average molecular weight is 341 g/mol. The number of rotatable bonds is 7. The Labute approximate surface area is 149 Å². The van der Waals surface area contributed by atoms with E-state index in [0.29, 0.717) is 0 Å². The second kappa shape index (κ2) is 8.62. The molecule has 0 aliphatic carbocycles. The highest BCUT2D eigenvalue weighted by molar-refractivity contribution is 5.75. The van der Waals surface area contributed by atoms with E-state index in [-0.39, 0.29) is 24.5 Å². The molecular formula is C20H27N3O2. The van der Waals surface area contributed by atoms with Crippen molar-refractivity contribution in [3.05, 3.63) is 66.0 Å². The first-order valence-corrected chi connectivity index (χ1v) is 8.66. The zero-order valence-electron chi connectivity index (χ0n) is 15.1. The van der Waals surface area contributed by atoms with E-state index in [0.717, 1.165) is 17.7 Å². The van der Waals surface area contributed by atoms with Gasteiger partial charge in [0.15, 0.2) is 0 Å². The molecule has 0 bridgehead atoms. The molecule has 0 aliphatic heterocycles. The summed E-state index contributed by atoms with van der Waals surface area (Å²) in [6.45, 7) is 5.93. The maximum atomic E-state index is 12.4. The van der Waals surface area contributed by atoms with Crippen LogP contribution in [0.15, 0.2) is 54.7 Å². The van der Waals surface area contributed by atoms with Crippen LogP contribution in [-0.2, 0) is 0 Å². The average Bonchev–Trinajstić information content (AvgIpc) is 2.65. The summed E-state index contributed by atoms with van der Waals surface area (Å²) in [6.07, 6.45) is 2.55. The first-order valence-electron chi connectivity index (χ1n) is 8.66. The Bertz CT molecular complexity index is 620. The third kappa shape index (κ3) is 5.29. The topological polar surface area (TPSA) is 74.2 Å². The molecule has 1 aromatic heterocycles. The van der Waals surface area contributed by atoms with Crippen molar-refractivity contribution in [2.24, 2.45) is 5.92 Å². The highest BCUT2D eigenvalue weighted by Crippen LogP contribution is 2.21. The summed E-state index contributed by atoms with van der Waals surface area (Å²) >= 11 is 0. The molecule has 1 aromatic carbocycles. The summed E-state index contributed by atoms with van der Waals surface area (Å²) in [4.78, 5) is 16.8. The molecular weight excluding hydrogens is 314 g/mol. The molecule has 2 aromatic rings. The van der Waals surface area contributed by atoms with Gasteiger partial charge in [-0.15, -0.1) is 0 Å². The number of urea groups is 1. The number of benzene rings is 1. The second-order valence-corrected chi connectivity index (χ2v) is 6.59. The van der Waals surface area contributed by atoms with Gasteiger partial charge in [0.05, 0.1) is 17.3 Å². The van der Waals surface area contributed by atoms with Crippen LogP contribution in [0.1, 0.15) is 44.5 Å². The Balaban J connectivity index is 2.08. The third-order valence-electron chi connectivity index (χ3n) is 4.67. The fourth-order valence-electron chi connectivity index (χ4n) is 2.58. The highest BCUT2D eigenvalue weighted by atomic mass is 16.3. The van der Waals surface area contributed by atoms with Gasteiger partial charge in [0.1, 0.15) is 0 Å². The fourth-order valence-corrected chi connectivity index (χ4v) is 2.58. The predicted molar refractivity (Wildman–Crippen MR) is 99.1 cm³/mol. The second-order valence-electron chi connectivity index (χ2n) is 6.59. The summed E-state index contributed by atoms with van der Waals surface area (Å²) in [6, 6.07) is 14.6. The standard InChI is InChI=1S/C20H27N3O2/c1-4-15(2)20(3,25)14-22-19(24)23-18(16-10-6-5-7-11-16)17-12-8-9-13-21-17/h5-13,15,18,25H,4,14H2,1-3H3,(H2,22,23,24). The van der Waals surface area contributed by atoms with Gasteiger partial charge in [0.2, 0.25) is 0 Å². The Kier molecular flexibility index (Phi) is 6.53.